The smallest absolute Gasteiger partial charge is 0.184 e. The lowest BCUT2D eigenvalue weighted by molar-refractivity contribution is -0.309. The quantitative estimate of drug-likeness (QED) is 0.240. The molecule has 0 spiro atoms. The first-order valence-corrected chi connectivity index (χ1v) is 12.5. The molecule has 6 rings (SSSR count). The van der Waals surface area contributed by atoms with Crippen molar-refractivity contribution in [2.45, 2.75) is 50.6 Å². The minimum absolute atomic E-state index is 0.123. The number of nitrogens with zero attached hydrogens (tertiary/aromatic N) is 7. The van der Waals surface area contributed by atoms with Crippen molar-refractivity contribution in [3.63, 3.8) is 0 Å². The van der Waals surface area contributed by atoms with E-state index in [-0.39, 0.29) is 18.1 Å². The molecule has 11 nitrogen and oxygen atoms in total. The number of aliphatic hydroxyl groups is 1. The molecular weight excluding hydrogens is 501 g/mol. The third-order valence-corrected chi connectivity index (χ3v) is 7.42. The van der Waals surface area contributed by atoms with Crippen molar-refractivity contribution in [1.82, 2.24) is 19.7 Å². The molecule has 2 aromatic heterocycles. The molecule has 4 aromatic rings. The Kier molecular flexibility index (Phi) is 6.11. The lowest BCUT2D eigenvalue weighted by Crippen LogP contribution is -2.58. The normalized spacial score (nSPS) is 27.6. The molecule has 4 unspecified atom stereocenters. The molecule has 0 bridgehead atoms. The van der Waals surface area contributed by atoms with E-state index in [4.69, 9.17) is 14.2 Å². The molecule has 2 saturated heterocycles. The number of hydrogen-bond donors (Lipinski definition) is 1. The van der Waals surface area contributed by atoms with Gasteiger partial charge in [0.1, 0.15) is 29.8 Å². The maximum atomic E-state index is 15.6. The van der Waals surface area contributed by atoms with Gasteiger partial charge in [-0.3, -0.25) is 0 Å². The van der Waals surface area contributed by atoms with E-state index in [0.29, 0.717) is 16.0 Å². The standard InChI is InChI=1S/C24H22FN7O4S/c1-11-27-23(32(30-11)15-9-8-14-22(17(15)25)37-12(2)28-14)21-19(33)18(29-31-26)20-16(35-21)10-34-24(36-20)13-6-4-3-5-7-13/h3-9,16,18-21,24,33H,10H2,1-2H3/t16?,18?,19?,20-,21+,24?/m0/s1. The number of azide groups is 1. The highest BCUT2D eigenvalue weighted by Gasteiger charge is 2.51. The highest BCUT2D eigenvalue weighted by atomic mass is 32.1. The molecular formula is C24H22FN7O4S. The van der Waals surface area contributed by atoms with Crippen molar-refractivity contribution in [3.8, 4) is 5.69 Å². The molecule has 1 N–H and O–H groups in total. The summed E-state index contributed by atoms with van der Waals surface area (Å²) in [7, 11) is 0. The maximum Gasteiger partial charge on any atom is 0.184 e. The second-order valence-corrected chi connectivity index (χ2v) is 10.1. The highest BCUT2D eigenvalue weighted by Crippen LogP contribution is 2.40. The van der Waals surface area contributed by atoms with Crippen LogP contribution in [-0.4, -0.2) is 55.8 Å². The van der Waals surface area contributed by atoms with Crippen LogP contribution in [0.15, 0.2) is 47.6 Å². The minimum Gasteiger partial charge on any atom is -0.389 e. The first-order valence-electron chi connectivity index (χ1n) is 11.6. The van der Waals surface area contributed by atoms with Gasteiger partial charge in [-0.05, 0) is 31.5 Å². The van der Waals surface area contributed by atoms with E-state index >= 15 is 4.39 Å². The summed E-state index contributed by atoms with van der Waals surface area (Å²) in [5, 5.41) is 20.3. The maximum absolute atomic E-state index is 15.6. The lowest BCUT2D eigenvalue weighted by Gasteiger charge is -2.46. The Hall–Kier alpha value is -3.45. The van der Waals surface area contributed by atoms with Gasteiger partial charge in [0.05, 0.1) is 34.0 Å². The number of aromatic nitrogens is 4. The number of fused-ring (bicyclic) bond motifs is 2. The van der Waals surface area contributed by atoms with Gasteiger partial charge in [0.15, 0.2) is 17.9 Å². The lowest BCUT2D eigenvalue weighted by atomic mass is 9.91. The van der Waals surface area contributed by atoms with Crippen molar-refractivity contribution >= 4 is 21.6 Å². The summed E-state index contributed by atoms with van der Waals surface area (Å²) < 4.78 is 35.5. The van der Waals surface area contributed by atoms with Gasteiger partial charge in [0, 0.05) is 10.5 Å². The van der Waals surface area contributed by atoms with Crippen molar-refractivity contribution in [3.05, 3.63) is 80.9 Å². The van der Waals surface area contributed by atoms with Gasteiger partial charge >= 0.3 is 0 Å². The summed E-state index contributed by atoms with van der Waals surface area (Å²) >= 11 is 1.24. The molecule has 37 heavy (non-hydrogen) atoms. The third-order valence-electron chi connectivity index (χ3n) is 6.44. The Morgan fingerprint density at radius 3 is 2.76 bits per heavy atom. The van der Waals surface area contributed by atoms with Crippen LogP contribution in [-0.2, 0) is 14.2 Å². The van der Waals surface area contributed by atoms with Gasteiger partial charge in [0.25, 0.3) is 0 Å². The first kappa shape index (κ1) is 23.9. The summed E-state index contributed by atoms with van der Waals surface area (Å²) in [6.07, 6.45) is -4.58. The Labute approximate surface area is 214 Å². The van der Waals surface area contributed by atoms with E-state index in [2.05, 4.69) is 25.1 Å². The van der Waals surface area contributed by atoms with E-state index in [1.807, 2.05) is 37.3 Å². The Bertz CT molecular complexity index is 1510. The second-order valence-electron chi connectivity index (χ2n) is 8.87. The molecule has 0 aliphatic carbocycles. The molecule has 4 heterocycles. The number of benzene rings is 2. The van der Waals surface area contributed by atoms with Crippen molar-refractivity contribution in [2.75, 3.05) is 6.61 Å². The molecule has 0 amide bonds. The number of ether oxygens (including phenoxy) is 3. The predicted octanol–water partition coefficient (Wildman–Crippen LogP) is 4.23. The van der Waals surface area contributed by atoms with Crippen LogP contribution in [0.2, 0.25) is 0 Å². The zero-order valence-electron chi connectivity index (χ0n) is 19.8. The van der Waals surface area contributed by atoms with Crippen molar-refractivity contribution in [1.29, 1.82) is 0 Å². The van der Waals surface area contributed by atoms with Gasteiger partial charge in [-0.1, -0.05) is 35.4 Å². The van der Waals surface area contributed by atoms with Crippen LogP contribution in [0, 0.1) is 19.7 Å². The van der Waals surface area contributed by atoms with E-state index in [1.165, 1.54) is 16.0 Å². The molecule has 2 aliphatic rings. The van der Waals surface area contributed by atoms with Crippen LogP contribution in [0.1, 0.15) is 34.6 Å². The largest absolute Gasteiger partial charge is 0.389 e. The number of rotatable bonds is 4. The van der Waals surface area contributed by atoms with E-state index in [1.54, 1.807) is 19.1 Å². The number of hydrogen-bond acceptors (Lipinski definition) is 9. The van der Waals surface area contributed by atoms with Gasteiger partial charge in [-0.15, -0.1) is 11.3 Å². The van der Waals surface area contributed by atoms with Crippen LogP contribution in [0.3, 0.4) is 0 Å². The minimum atomic E-state index is -1.34. The zero-order chi connectivity index (χ0) is 25.7. The van der Waals surface area contributed by atoms with Crippen molar-refractivity contribution in [2.24, 2.45) is 5.11 Å². The van der Waals surface area contributed by atoms with Crippen LogP contribution in [0.4, 0.5) is 4.39 Å². The number of thiazole rings is 1. The Morgan fingerprint density at radius 1 is 1.16 bits per heavy atom. The fourth-order valence-corrected chi connectivity index (χ4v) is 5.67. The van der Waals surface area contributed by atoms with Crippen molar-refractivity contribution < 1.29 is 23.7 Å². The highest BCUT2D eigenvalue weighted by molar-refractivity contribution is 7.18. The van der Waals surface area contributed by atoms with E-state index in [0.717, 1.165) is 10.6 Å². The van der Waals surface area contributed by atoms with Crippen LogP contribution in [0.5, 0.6) is 0 Å². The molecule has 13 heteroatoms. The van der Waals surface area contributed by atoms with E-state index < -0.39 is 42.6 Å². The Morgan fingerprint density at radius 2 is 1.97 bits per heavy atom. The van der Waals surface area contributed by atoms with Crippen LogP contribution < -0.4 is 0 Å². The topological polar surface area (TPSA) is 140 Å². The number of aliphatic hydroxyl groups excluding tert-OH is 1. The predicted molar refractivity (Wildman–Crippen MR) is 131 cm³/mol. The second kappa shape index (κ2) is 9.45. The number of aryl methyl sites for hydroxylation is 2. The summed E-state index contributed by atoms with van der Waals surface area (Å²) in [6.45, 7) is 3.59. The van der Waals surface area contributed by atoms with Crippen LogP contribution in [0.25, 0.3) is 26.3 Å². The molecule has 2 fully saturated rings. The van der Waals surface area contributed by atoms with E-state index in [9.17, 15) is 10.6 Å². The zero-order valence-corrected chi connectivity index (χ0v) is 20.6. The fourth-order valence-electron chi connectivity index (χ4n) is 4.82. The van der Waals surface area contributed by atoms with Crippen LogP contribution >= 0.6 is 11.3 Å². The molecule has 2 aromatic carbocycles. The van der Waals surface area contributed by atoms with Gasteiger partial charge in [0.2, 0.25) is 0 Å². The summed E-state index contributed by atoms with van der Waals surface area (Å²) in [5.41, 5.74) is 10.8. The SMILES string of the molecule is Cc1nc([C@@H]2OC3COC(c4ccccc4)O[C@@H]3C(N=[N+]=[N-])C2O)n(-c2ccc3nc(C)sc3c2F)n1. The van der Waals surface area contributed by atoms with Gasteiger partial charge in [-0.25, -0.2) is 19.0 Å². The monoisotopic (exact) mass is 523 g/mol. The first-order chi connectivity index (χ1) is 17.9. The summed E-state index contributed by atoms with van der Waals surface area (Å²) in [5.74, 6) is 0.0267. The molecule has 2 aliphatic heterocycles. The molecule has 0 saturated carbocycles. The average Bonchev–Trinajstić information content (AvgIpc) is 3.48. The summed E-state index contributed by atoms with van der Waals surface area (Å²) in [4.78, 5) is 11.7. The molecule has 190 valence electrons. The average molecular weight is 524 g/mol. The Balaban J connectivity index is 1.36. The van der Waals surface area contributed by atoms with Gasteiger partial charge in [-0.2, -0.15) is 5.10 Å². The number of halogens is 1. The summed E-state index contributed by atoms with van der Waals surface area (Å²) in [6, 6.07) is 11.6. The molecule has 0 radical (unpaired) electrons. The molecule has 6 atom stereocenters. The fraction of sp³-hybridized carbons (Fsp3) is 0.375. The third kappa shape index (κ3) is 4.15. The van der Waals surface area contributed by atoms with Gasteiger partial charge < -0.3 is 19.3 Å².